The van der Waals surface area contributed by atoms with E-state index in [1.54, 1.807) is 24.3 Å². The van der Waals surface area contributed by atoms with Gasteiger partial charge in [-0.2, -0.15) is 18.2 Å². The molecule has 1 aliphatic heterocycles. The van der Waals surface area contributed by atoms with E-state index in [0.717, 1.165) is 29.3 Å². The minimum atomic E-state index is -0.833. The molecule has 32 heavy (non-hydrogen) atoms. The topological polar surface area (TPSA) is 78.8 Å². The van der Waals surface area contributed by atoms with Crippen LogP contribution >= 0.6 is 11.8 Å². The second-order valence-electron chi connectivity index (χ2n) is 6.39. The summed E-state index contributed by atoms with van der Waals surface area (Å²) < 4.78 is 13.0. The third kappa shape index (κ3) is 7.76. The van der Waals surface area contributed by atoms with Gasteiger partial charge in [0.25, 0.3) is 11.9 Å². The summed E-state index contributed by atoms with van der Waals surface area (Å²) >= 11 is 1.31. The molecule has 1 amide bonds. The summed E-state index contributed by atoms with van der Waals surface area (Å²) in [6.07, 6.45) is 1.83. The molecule has 4 rings (SSSR count). The number of aliphatic imine (C=N–C) groups is 1. The van der Waals surface area contributed by atoms with Gasteiger partial charge in [0, 0.05) is 6.92 Å². The van der Waals surface area contributed by atoms with Crippen LogP contribution in [0.25, 0.3) is 17.2 Å². The third-order valence-electron chi connectivity index (χ3n) is 3.97. The van der Waals surface area contributed by atoms with Gasteiger partial charge >= 0.3 is 29.6 Å². The summed E-state index contributed by atoms with van der Waals surface area (Å²) in [7, 11) is 0. The third-order valence-corrected chi connectivity index (χ3v) is 4.88. The van der Waals surface area contributed by atoms with E-state index in [-0.39, 0.29) is 41.3 Å². The molecule has 1 saturated heterocycles. The summed E-state index contributed by atoms with van der Waals surface area (Å²) in [4.78, 5) is 26.2. The van der Waals surface area contributed by atoms with Crippen LogP contribution in [0.3, 0.4) is 0 Å². The van der Waals surface area contributed by atoms with Crippen LogP contribution in [0.1, 0.15) is 12.5 Å². The number of nitrogens with one attached hydrogen (secondary N) is 1. The zero-order chi connectivity index (χ0) is 22.2. The zero-order valence-electron chi connectivity index (χ0n) is 17.5. The molecule has 8 heteroatoms. The molecule has 2 N–H and O–H groups in total. The maximum absolute atomic E-state index is 13.0. The molecule has 1 heterocycles. The molecule has 0 aromatic heterocycles. The van der Waals surface area contributed by atoms with Crippen LogP contribution in [0.15, 0.2) is 82.7 Å². The number of halogens is 1. The molecule has 5 nitrogen and oxygen atoms in total. The molecular weight excluding hydrogens is 438 g/mol. The van der Waals surface area contributed by atoms with Crippen LogP contribution in [0.4, 0.5) is 10.1 Å². The first-order chi connectivity index (χ1) is 14.9. The van der Waals surface area contributed by atoms with Crippen LogP contribution in [-0.2, 0) is 9.59 Å². The van der Waals surface area contributed by atoms with E-state index in [1.165, 1.54) is 23.9 Å². The van der Waals surface area contributed by atoms with Crippen molar-refractivity contribution in [2.24, 2.45) is 4.99 Å². The standard InChI is InChI=1S/C22H14FN2OS.C2H4O2.Na/c23-18-12-10-17(11-13-18)16-8-6-15(7-9-16)14-20-21(26)25-22(27-20)24-19-4-2-1-3-5-19;1-2(3)4;/h2-14H,(H,24,25,26);1H3,(H,3,4);/q-1;;+1. The molecule has 3 aromatic carbocycles. The van der Waals surface area contributed by atoms with E-state index in [2.05, 4.69) is 16.4 Å². The molecule has 0 saturated carbocycles. The van der Waals surface area contributed by atoms with Gasteiger partial charge in [-0.25, -0.2) is 4.39 Å². The Kier molecular flexibility index (Phi) is 9.87. The molecule has 0 unspecified atom stereocenters. The Labute approximate surface area is 211 Å². The Hall–Kier alpha value is -2.71. The largest absolute Gasteiger partial charge is 1.00 e. The Balaban J connectivity index is 0.000000672. The van der Waals surface area contributed by atoms with Gasteiger partial charge in [0.2, 0.25) is 0 Å². The summed E-state index contributed by atoms with van der Waals surface area (Å²) in [6.45, 7) is 1.08. The molecule has 0 aliphatic carbocycles. The van der Waals surface area contributed by atoms with Crippen LogP contribution in [0, 0.1) is 11.9 Å². The van der Waals surface area contributed by atoms with E-state index in [0.29, 0.717) is 10.1 Å². The van der Waals surface area contributed by atoms with Crippen LogP contribution < -0.4 is 34.9 Å². The average Bonchev–Trinajstić information content (AvgIpc) is 3.08. The van der Waals surface area contributed by atoms with Crippen molar-refractivity contribution in [1.29, 1.82) is 0 Å². The summed E-state index contributed by atoms with van der Waals surface area (Å²) in [5.74, 6) is -1.25. The molecule has 1 aliphatic rings. The Morgan fingerprint density at radius 2 is 1.56 bits per heavy atom. The van der Waals surface area contributed by atoms with Gasteiger partial charge in [0.15, 0.2) is 5.17 Å². The minimum absolute atomic E-state index is 0. The smallest absolute Gasteiger partial charge is 0.481 e. The normalized spacial score (nSPS) is 14.9. The van der Waals surface area contributed by atoms with Crippen molar-refractivity contribution < 1.29 is 48.6 Å². The Bertz CT molecular complexity index is 1130. The van der Waals surface area contributed by atoms with E-state index in [4.69, 9.17) is 9.90 Å². The van der Waals surface area contributed by atoms with Crippen LogP contribution in [-0.4, -0.2) is 22.2 Å². The van der Waals surface area contributed by atoms with E-state index in [9.17, 15) is 9.18 Å². The van der Waals surface area contributed by atoms with Gasteiger partial charge in [0.05, 0.1) is 4.91 Å². The fraction of sp³-hybridized carbons (Fsp3) is 0.0417. The first-order valence-electron chi connectivity index (χ1n) is 9.22. The van der Waals surface area contributed by atoms with Crippen LogP contribution in [0.2, 0.25) is 0 Å². The van der Waals surface area contributed by atoms with Crippen molar-refractivity contribution in [3.8, 4) is 11.1 Å². The van der Waals surface area contributed by atoms with E-state index >= 15 is 0 Å². The SMILES string of the molecule is CC(=O)O.O=C1NC(=Nc2cc[c-]cc2)SC1=Cc1ccc(-c2ccc(F)cc2)cc1.[Na+]. The molecule has 156 valence electrons. The average molecular weight is 456 g/mol. The Morgan fingerprint density at radius 3 is 2.12 bits per heavy atom. The first-order valence-corrected chi connectivity index (χ1v) is 10.0. The van der Waals surface area contributed by atoms with Crippen LogP contribution in [0.5, 0.6) is 0 Å². The van der Waals surface area contributed by atoms with Crippen molar-refractivity contribution in [1.82, 2.24) is 5.32 Å². The maximum atomic E-state index is 13.0. The fourth-order valence-electron chi connectivity index (χ4n) is 2.62. The van der Waals surface area contributed by atoms with E-state index < -0.39 is 5.97 Å². The summed E-state index contributed by atoms with van der Waals surface area (Å²) in [5, 5.41) is 10.7. The summed E-state index contributed by atoms with van der Waals surface area (Å²) in [6, 6.07) is 24.3. The monoisotopic (exact) mass is 456 g/mol. The molecule has 0 bridgehead atoms. The van der Waals surface area contributed by atoms with Crippen molar-refractivity contribution in [2.45, 2.75) is 6.92 Å². The number of carbonyl (C=O) groups excluding carboxylic acids is 1. The zero-order valence-corrected chi connectivity index (χ0v) is 20.3. The minimum Gasteiger partial charge on any atom is -0.481 e. The number of thioether (sulfide) groups is 1. The van der Waals surface area contributed by atoms with Crippen molar-refractivity contribution >= 4 is 40.6 Å². The molecule has 0 atom stereocenters. The van der Waals surface area contributed by atoms with Gasteiger partial charge in [-0.15, -0.1) is 12.1 Å². The molecule has 0 radical (unpaired) electrons. The predicted molar refractivity (Wildman–Crippen MR) is 121 cm³/mol. The second kappa shape index (κ2) is 12.4. The van der Waals surface area contributed by atoms with Gasteiger partial charge in [-0.05, 0) is 52.3 Å². The van der Waals surface area contributed by atoms with Crippen molar-refractivity contribution in [3.63, 3.8) is 0 Å². The quantitative estimate of drug-likeness (QED) is 0.360. The van der Waals surface area contributed by atoms with Gasteiger partial charge in [0.1, 0.15) is 5.82 Å². The number of hydrogen-bond acceptors (Lipinski definition) is 4. The number of carbonyl (C=O) groups is 2. The number of benzene rings is 3. The predicted octanol–water partition coefficient (Wildman–Crippen LogP) is 2.28. The molecule has 0 spiro atoms. The Morgan fingerprint density at radius 1 is 1.03 bits per heavy atom. The van der Waals surface area contributed by atoms with Crippen molar-refractivity contribution in [3.05, 3.63) is 95.1 Å². The number of hydrogen-bond donors (Lipinski definition) is 2. The van der Waals surface area contributed by atoms with E-state index in [1.807, 2.05) is 42.5 Å². The second-order valence-corrected chi connectivity index (χ2v) is 7.42. The maximum Gasteiger partial charge on any atom is 1.00 e. The number of carboxylic acid groups (broad SMARTS) is 1. The number of carboxylic acids is 1. The van der Waals surface area contributed by atoms with Crippen molar-refractivity contribution in [2.75, 3.05) is 0 Å². The van der Waals surface area contributed by atoms with Gasteiger partial charge in [-0.1, -0.05) is 36.4 Å². The number of rotatable bonds is 3. The van der Waals surface area contributed by atoms with Gasteiger partial charge < -0.3 is 10.4 Å². The molecule has 1 fully saturated rings. The molecular formula is C24H18FN2NaO3S. The number of amides is 1. The fourth-order valence-corrected chi connectivity index (χ4v) is 3.46. The summed E-state index contributed by atoms with van der Waals surface area (Å²) in [5.41, 5.74) is 3.61. The number of amidine groups is 1. The first kappa shape index (κ1) is 25.5. The number of aliphatic carboxylic acids is 1. The molecule has 3 aromatic rings. The number of nitrogens with zero attached hydrogens (tertiary/aromatic N) is 1. The van der Waals surface area contributed by atoms with Gasteiger partial charge in [-0.3, -0.25) is 14.6 Å².